The van der Waals surface area contributed by atoms with Gasteiger partial charge in [0.2, 0.25) is 5.91 Å². The Morgan fingerprint density at radius 1 is 1.16 bits per heavy atom. The predicted octanol–water partition coefficient (Wildman–Crippen LogP) is 3.09. The quantitative estimate of drug-likeness (QED) is 0.338. The molecular weight excluding hydrogens is 430 g/mol. The molecule has 1 unspecified atom stereocenters. The number of carbonyl (C=O) groups excluding carboxylic acids is 1. The Labute approximate surface area is 182 Å². The van der Waals surface area contributed by atoms with Crippen LogP contribution >= 0.6 is 0 Å². The molecule has 0 radical (unpaired) electrons. The van der Waals surface area contributed by atoms with E-state index in [2.05, 4.69) is 15.6 Å². The Balaban J connectivity index is 1.38. The molecule has 2 fully saturated rings. The van der Waals surface area contributed by atoms with Gasteiger partial charge < -0.3 is 16.2 Å². The van der Waals surface area contributed by atoms with Gasteiger partial charge in [-0.3, -0.25) is 4.79 Å². The number of nitrogens with zero attached hydrogens (tertiary/aromatic N) is 3. The minimum atomic E-state index is -1.69. The number of hydrogen-bond acceptors (Lipinski definition) is 5. The molecule has 1 heterocycles. The van der Waals surface area contributed by atoms with Crippen LogP contribution in [0.3, 0.4) is 0 Å². The normalized spacial score (nSPS) is 22.0. The number of aromatic nitrogens is 3. The van der Waals surface area contributed by atoms with Gasteiger partial charge in [0.05, 0.1) is 30.5 Å². The van der Waals surface area contributed by atoms with Gasteiger partial charge in [-0.25, -0.2) is 22.2 Å². The number of hydrogen-bond donors (Lipinski definition) is 3. The van der Waals surface area contributed by atoms with Gasteiger partial charge in [0.25, 0.3) is 0 Å². The van der Waals surface area contributed by atoms with E-state index < -0.39 is 34.5 Å². The standard InChI is InChI=1S/C21H25F4N5O2/c22-16-15(17(23)19(25)20(26)18(16)24)14-8-30(29-28-14)13-6-11(7-13)21(32)27-12(9-31)5-10-3-1-2-4-10/h8,10-13,31H,1-7,9,26H2,(H,27,32). The number of anilines is 1. The molecule has 1 aromatic heterocycles. The van der Waals surface area contributed by atoms with E-state index in [0.29, 0.717) is 18.8 Å². The number of rotatable bonds is 7. The lowest BCUT2D eigenvalue weighted by Crippen LogP contribution is -2.46. The van der Waals surface area contributed by atoms with Crippen molar-refractivity contribution in [2.45, 2.75) is 57.0 Å². The minimum Gasteiger partial charge on any atom is -0.394 e. The third kappa shape index (κ3) is 4.17. The average molecular weight is 455 g/mol. The van der Waals surface area contributed by atoms with E-state index >= 15 is 0 Å². The van der Waals surface area contributed by atoms with Gasteiger partial charge in [0.1, 0.15) is 11.4 Å². The molecule has 2 aliphatic rings. The highest BCUT2D eigenvalue weighted by molar-refractivity contribution is 5.80. The summed E-state index contributed by atoms with van der Waals surface area (Å²) in [5.74, 6) is -6.58. The Morgan fingerprint density at radius 3 is 2.38 bits per heavy atom. The molecule has 11 heteroatoms. The topological polar surface area (TPSA) is 106 Å². The van der Waals surface area contributed by atoms with Crippen LogP contribution in [0.25, 0.3) is 11.3 Å². The van der Waals surface area contributed by atoms with E-state index in [4.69, 9.17) is 5.73 Å². The van der Waals surface area contributed by atoms with E-state index in [1.807, 2.05) is 0 Å². The third-order valence-electron chi connectivity index (χ3n) is 6.58. The lowest BCUT2D eigenvalue weighted by atomic mass is 9.79. The van der Waals surface area contributed by atoms with E-state index in [0.717, 1.165) is 19.3 Å². The van der Waals surface area contributed by atoms with Gasteiger partial charge in [-0.2, -0.15) is 0 Å². The molecule has 32 heavy (non-hydrogen) atoms. The van der Waals surface area contributed by atoms with Gasteiger partial charge in [-0.05, 0) is 25.2 Å². The first-order chi connectivity index (χ1) is 15.3. The van der Waals surface area contributed by atoms with Crippen LogP contribution in [-0.2, 0) is 4.79 Å². The number of benzene rings is 1. The fraction of sp³-hybridized carbons (Fsp3) is 0.571. The lowest BCUT2D eigenvalue weighted by Gasteiger charge is -2.35. The molecule has 0 aliphatic heterocycles. The molecule has 174 valence electrons. The highest BCUT2D eigenvalue weighted by Gasteiger charge is 2.38. The monoisotopic (exact) mass is 455 g/mol. The molecule has 4 rings (SSSR count). The zero-order chi connectivity index (χ0) is 23.0. The summed E-state index contributed by atoms with van der Waals surface area (Å²) in [5.41, 5.74) is 2.43. The summed E-state index contributed by atoms with van der Waals surface area (Å²) in [5, 5.41) is 19.9. The number of aliphatic hydroxyl groups is 1. The molecule has 1 aromatic carbocycles. The highest BCUT2D eigenvalue weighted by atomic mass is 19.2. The molecular formula is C21H25F4N5O2. The molecule has 0 spiro atoms. The predicted molar refractivity (Wildman–Crippen MR) is 107 cm³/mol. The summed E-state index contributed by atoms with van der Waals surface area (Å²) in [7, 11) is 0. The zero-order valence-corrected chi connectivity index (χ0v) is 17.3. The molecule has 1 amide bonds. The first-order valence-corrected chi connectivity index (χ1v) is 10.7. The number of halogens is 4. The summed E-state index contributed by atoms with van der Waals surface area (Å²) in [6, 6.07) is -0.520. The molecule has 7 nitrogen and oxygen atoms in total. The SMILES string of the molecule is Nc1c(F)c(F)c(-c2cn(C3CC(C(=O)NC(CO)CC4CCCC4)C3)nn2)c(F)c1F. The van der Waals surface area contributed by atoms with Gasteiger partial charge in [-0.15, -0.1) is 5.10 Å². The summed E-state index contributed by atoms with van der Waals surface area (Å²) >= 11 is 0. The zero-order valence-electron chi connectivity index (χ0n) is 17.3. The smallest absolute Gasteiger partial charge is 0.223 e. The van der Waals surface area contributed by atoms with Crippen LogP contribution in [-0.4, -0.2) is 38.7 Å². The lowest BCUT2D eigenvalue weighted by molar-refractivity contribution is -0.130. The second-order valence-corrected chi connectivity index (χ2v) is 8.72. The van der Waals surface area contributed by atoms with Crippen molar-refractivity contribution in [1.29, 1.82) is 0 Å². The van der Waals surface area contributed by atoms with Gasteiger partial charge in [0.15, 0.2) is 23.3 Å². The number of nitrogen functional groups attached to an aromatic ring is 1. The number of amides is 1. The molecule has 1 atom stereocenters. The summed E-state index contributed by atoms with van der Waals surface area (Å²) < 4.78 is 57.1. The Morgan fingerprint density at radius 2 is 1.78 bits per heavy atom. The van der Waals surface area contributed by atoms with Crippen LogP contribution in [0.1, 0.15) is 51.0 Å². The largest absolute Gasteiger partial charge is 0.394 e. The highest BCUT2D eigenvalue weighted by Crippen LogP contribution is 2.39. The number of nitrogens with two attached hydrogens (primary N) is 1. The van der Waals surface area contributed by atoms with Gasteiger partial charge in [-0.1, -0.05) is 30.9 Å². The van der Waals surface area contributed by atoms with Crippen molar-refractivity contribution in [2.24, 2.45) is 11.8 Å². The molecule has 4 N–H and O–H groups in total. The van der Waals surface area contributed by atoms with Crippen molar-refractivity contribution in [3.05, 3.63) is 29.5 Å². The Bertz CT molecular complexity index is 973. The summed E-state index contributed by atoms with van der Waals surface area (Å²) in [6.07, 6.45) is 7.40. The number of aliphatic hydroxyl groups excluding tert-OH is 1. The van der Waals surface area contributed by atoms with E-state index in [1.54, 1.807) is 0 Å². The Hall–Kier alpha value is -2.69. The molecule has 2 saturated carbocycles. The van der Waals surface area contributed by atoms with Crippen molar-refractivity contribution in [2.75, 3.05) is 12.3 Å². The number of carbonyl (C=O) groups is 1. The summed E-state index contributed by atoms with van der Waals surface area (Å²) in [4.78, 5) is 12.5. The van der Waals surface area contributed by atoms with Crippen LogP contribution in [0.5, 0.6) is 0 Å². The van der Waals surface area contributed by atoms with Crippen LogP contribution in [0.15, 0.2) is 6.20 Å². The second kappa shape index (κ2) is 9.05. The average Bonchev–Trinajstić information content (AvgIpc) is 3.42. The maximum atomic E-state index is 14.2. The van der Waals surface area contributed by atoms with Gasteiger partial charge >= 0.3 is 0 Å². The van der Waals surface area contributed by atoms with E-state index in [9.17, 15) is 27.5 Å². The molecule has 0 bridgehead atoms. The van der Waals surface area contributed by atoms with Crippen molar-refractivity contribution < 1.29 is 27.5 Å². The second-order valence-electron chi connectivity index (χ2n) is 8.72. The van der Waals surface area contributed by atoms with Crippen LogP contribution in [0.2, 0.25) is 0 Å². The Kier molecular flexibility index (Phi) is 6.36. The van der Waals surface area contributed by atoms with Crippen LogP contribution in [0.4, 0.5) is 23.2 Å². The summed E-state index contributed by atoms with van der Waals surface area (Å²) in [6.45, 7) is -0.114. The molecule has 2 aliphatic carbocycles. The maximum Gasteiger partial charge on any atom is 0.223 e. The van der Waals surface area contributed by atoms with Gasteiger partial charge in [0, 0.05) is 5.92 Å². The fourth-order valence-corrected chi connectivity index (χ4v) is 4.61. The van der Waals surface area contributed by atoms with E-state index in [-0.39, 0.29) is 36.2 Å². The maximum absolute atomic E-state index is 14.2. The molecule has 0 saturated heterocycles. The van der Waals surface area contributed by atoms with Crippen LogP contribution in [0, 0.1) is 35.1 Å². The first kappa shape index (κ1) is 22.5. The van der Waals surface area contributed by atoms with Crippen molar-refractivity contribution in [3.8, 4) is 11.3 Å². The van der Waals surface area contributed by atoms with Crippen LogP contribution < -0.4 is 11.1 Å². The van der Waals surface area contributed by atoms with Crippen molar-refractivity contribution in [3.63, 3.8) is 0 Å². The third-order valence-corrected chi connectivity index (χ3v) is 6.58. The van der Waals surface area contributed by atoms with Crippen molar-refractivity contribution >= 4 is 11.6 Å². The minimum absolute atomic E-state index is 0.114. The number of nitrogens with one attached hydrogen (secondary N) is 1. The van der Waals surface area contributed by atoms with E-state index in [1.165, 1.54) is 23.7 Å². The first-order valence-electron chi connectivity index (χ1n) is 10.7. The molecule has 2 aromatic rings. The van der Waals surface area contributed by atoms with Crippen molar-refractivity contribution in [1.82, 2.24) is 20.3 Å². The fourth-order valence-electron chi connectivity index (χ4n) is 4.61.